The van der Waals surface area contributed by atoms with Gasteiger partial charge in [0.15, 0.2) is 5.96 Å². The molecule has 0 spiro atoms. The smallest absolute Gasteiger partial charge is 0.251 e. The van der Waals surface area contributed by atoms with Crippen LogP contribution in [-0.4, -0.2) is 45.7 Å². The minimum atomic E-state index is -0.0642. The number of aliphatic imine (C=N–C) groups is 1. The second kappa shape index (κ2) is 14.7. The SMILES string of the molecule is CCNC(=NCCC(C)c1ccc(OC)cc1)NCCc1cccc(C(=O)NC)c1.I. The molecule has 0 radical (unpaired) electrons. The van der Waals surface area contributed by atoms with Gasteiger partial charge in [-0.15, -0.1) is 24.0 Å². The van der Waals surface area contributed by atoms with Crippen molar-refractivity contribution in [3.63, 3.8) is 0 Å². The zero-order valence-corrected chi connectivity index (χ0v) is 21.2. The number of nitrogens with zero attached hydrogens (tertiary/aromatic N) is 1. The predicted molar refractivity (Wildman–Crippen MR) is 139 cm³/mol. The quantitative estimate of drug-likeness (QED) is 0.243. The number of guanidine groups is 1. The number of hydrogen-bond donors (Lipinski definition) is 3. The summed E-state index contributed by atoms with van der Waals surface area (Å²) in [5.41, 5.74) is 3.09. The Bertz CT molecular complexity index is 825. The number of carbonyl (C=O) groups is 1. The highest BCUT2D eigenvalue weighted by Crippen LogP contribution is 2.21. The third-order valence-electron chi connectivity index (χ3n) is 4.98. The second-order valence-corrected chi connectivity index (χ2v) is 7.18. The van der Waals surface area contributed by atoms with Crippen LogP contribution in [0.25, 0.3) is 0 Å². The van der Waals surface area contributed by atoms with E-state index in [0.29, 0.717) is 11.5 Å². The highest BCUT2D eigenvalue weighted by molar-refractivity contribution is 14.0. The largest absolute Gasteiger partial charge is 0.497 e. The van der Waals surface area contributed by atoms with Crippen molar-refractivity contribution in [2.45, 2.75) is 32.6 Å². The minimum absolute atomic E-state index is 0. The molecule has 31 heavy (non-hydrogen) atoms. The molecule has 170 valence electrons. The van der Waals surface area contributed by atoms with Crippen LogP contribution in [0.5, 0.6) is 5.75 Å². The molecule has 0 saturated heterocycles. The van der Waals surface area contributed by atoms with Crippen LogP contribution in [0.4, 0.5) is 0 Å². The first kappa shape index (κ1) is 26.7. The zero-order valence-electron chi connectivity index (χ0n) is 18.9. The lowest BCUT2D eigenvalue weighted by Crippen LogP contribution is -2.38. The zero-order chi connectivity index (χ0) is 21.8. The Hall–Kier alpha value is -2.29. The van der Waals surface area contributed by atoms with Crippen LogP contribution >= 0.6 is 24.0 Å². The summed E-state index contributed by atoms with van der Waals surface area (Å²) < 4.78 is 5.22. The van der Waals surface area contributed by atoms with E-state index in [0.717, 1.165) is 49.7 Å². The fraction of sp³-hybridized carbons (Fsp3) is 0.417. The van der Waals surface area contributed by atoms with Crippen molar-refractivity contribution >= 4 is 35.8 Å². The van der Waals surface area contributed by atoms with Crippen LogP contribution in [0.1, 0.15) is 47.7 Å². The number of ether oxygens (including phenoxy) is 1. The van der Waals surface area contributed by atoms with E-state index >= 15 is 0 Å². The number of halogens is 1. The highest BCUT2D eigenvalue weighted by atomic mass is 127. The molecule has 0 heterocycles. The van der Waals surface area contributed by atoms with Gasteiger partial charge in [0.1, 0.15) is 5.75 Å². The van der Waals surface area contributed by atoms with Crippen LogP contribution in [-0.2, 0) is 6.42 Å². The molecule has 2 rings (SSSR count). The summed E-state index contributed by atoms with van der Waals surface area (Å²) in [6, 6.07) is 15.9. The van der Waals surface area contributed by atoms with E-state index in [9.17, 15) is 4.79 Å². The summed E-state index contributed by atoms with van der Waals surface area (Å²) in [5, 5.41) is 9.34. The maximum atomic E-state index is 11.8. The maximum absolute atomic E-state index is 11.8. The molecule has 6 nitrogen and oxygen atoms in total. The number of methoxy groups -OCH3 is 1. The van der Waals surface area contributed by atoms with Gasteiger partial charge in [0, 0.05) is 32.2 Å². The lowest BCUT2D eigenvalue weighted by molar-refractivity contribution is 0.0963. The molecule has 0 aliphatic carbocycles. The van der Waals surface area contributed by atoms with Crippen molar-refractivity contribution in [2.24, 2.45) is 4.99 Å². The van der Waals surface area contributed by atoms with Crippen LogP contribution in [0, 0.1) is 0 Å². The van der Waals surface area contributed by atoms with Crippen molar-refractivity contribution < 1.29 is 9.53 Å². The molecule has 2 aromatic rings. The van der Waals surface area contributed by atoms with Gasteiger partial charge < -0.3 is 20.7 Å². The van der Waals surface area contributed by atoms with E-state index in [-0.39, 0.29) is 29.9 Å². The first-order valence-electron chi connectivity index (χ1n) is 10.5. The number of nitrogens with one attached hydrogen (secondary N) is 3. The molecule has 1 amide bonds. The van der Waals surface area contributed by atoms with Crippen LogP contribution in [0.2, 0.25) is 0 Å². The van der Waals surface area contributed by atoms with Gasteiger partial charge in [0.05, 0.1) is 7.11 Å². The van der Waals surface area contributed by atoms with E-state index in [1.54, 1.807) is 14.2 Å². The summed E-state index contributed by atoms with van der Waals surface area (Å²) >= 11 is 0. The topological polar surface area (TPSA) is 74.8 Å². The van der Waals surface area contributed by atoms with Gasteiger partial charge in [-0.2, -0.15) is 0 Å². The maximum Gasteiger partial charge on any atom is 0.251 e. The number of amides is 1. The van der Waals surface area contributed by atoms with Gasteiger partial charge in [0.25, 0.3) is 5.91 Å². The highest BCUT2D eigenvalue weighted by Gasteiger charge is 2.07. The summed E-state index contributed by atoms with van der Waals surface area (Å²) in [5.74, 6) is 2.06. The Kier molecular flexibility index (Phi) is 12.7. The third-order valence-corrected chi connectivity index (χ3v) is 4.98. The molecule has 0 bridgehead atoms. The molecule has 1 unspecified atom stereocenters. The predicted octanol–water partition coefficient (Wildman–Crippen LogP) is 3.96. The van der Waals surface area contributed by atoms with Crippen LogP contribution in [0.15, 0.2) is 53.5 Å². The molecule has 0 aliphatic rings. The van der Waals surface area contributed by atoms with E-state index in [4.69, 9.17) is 9.73 Å². The van der Waals surface area contributed by atoms with Gasteiger partial charge in [-0.05, 0) is 61.1 Å². The molecule has 0 saturated carbocycles. The van der Waals surface area contributed by atoms with Gasteiger partial charge in [-0.1, -0.05) is 31.2 Å². The molecular formula is C24H35IN4O2. The summed E-state index contributed by atoms with van der Waals surface area (Å²) in [4.78, 5) is 16.5. The molecule has 0 fully saturated rings. The van der Waals surface area contributed by atoms with E-state index < -0.39 is 0 Å². The fourth-order valence-electron chi connectivity index (χ4n) is 3.15. The number of benzene rings is 2. The standard InChI is InChI=1S/C24H34N4O2.HI/c1-5-26-24(27-15-13-18(2)20-9-11-22(30-4)12-10-20)28-16-14-19-7-6-8-21(17-19)23(29)25-3;/h6-12,17-18H,5,13-16H2,1-4H3,(H,25,29)(H2,26,27,28);1H. The lowest BCUT2D eigenvalue weighted by Gasteiger charge is -2.14. The van der Waals surface area contributed by atoms with Crippen LogP contribution < -0.4 is 20.7 Å². The minimum Gasteiger partial charge on any atom is -0.497 e. The Morgan fingerprint density at radius 2 is 1.87 bits per heavy atom. The summed E-state index contributed by atoms with van der Waals surface area (Å²) in [7, 11) is 3.33. The van der Waals surface area contributed by atoms with Crippen molar-refractivity contribution in [2.75, 3.05) is 33.8 Å². The monoisotopic (exact) mass is 538 g/mol. The first-order chi connectivity index (χ1) is 14.6. The molecule has 3 N–H and O–H groups in total. The Morgan fingerprint density at radius 1 is 1.13 bits per heavy atom. The average Bonchev–Trinajstić information content (AvgIpc) is 2.78. The normalized spacial score (nSPS) is 11.8. The Morgan fingerprint density at radius 3 is 2.52 bits per heavy atom. The van der Waals surface area contributed by atoms with Crippen LogP contribution in [0.3, 0.4) is 0 Å². The van der Waals surface area contributed by atoms with Crippen molar-refractivity contribution in [3.8, 4) is 5.75 Å². The molecule has 2 aromatic carbocycles. The lowest BCUT2D eigenvalue weighted by atomic mass is 9.98. The molecule has 0 aliphatic heterocycles. The van der Waals surface area contributed by atoms with Gasteiger partial charge >= 0.3 is 0 Å². The summed E-state index contributed by atoms with van der Waals surface area (Å²) in [6.07, 6.45) is 1.79. The Labute approximate surface area is 203 Å². The summed E-state index contributed by atoms with van der Waals surface area (Å²) in [6.45, 7) is 6.58. The number of hydrogen-bond acceptors (Lipinski definition) is 3. The fourth-order valence-corrected chi connectivity index (χ4v) is 3.15. The van der Waals surface area contributed by atoms with Crippen molar-refractivity contribution in [3.05, 3.63) is 65.2 Å². The molecule has 1 atom stereocenters. The van der Waals surface area contributed by atoms with Gasteiger partial charge in [-0.25, -0.2) is 0 Å². The number of rotatable bonds is 10. The van der Waals surface area contributed by atoms with E-state index in [2.05, 4.69) is 41.9 Å². The molecular weight excluding hydrogens is 503 g/mol. The van der Waals surface area contributed by atoms with Crippen molar-refractivity contribution in [1.82, 2.24) is 16.0 Å². The molecule has 7 heteroatoms. The average molecular weight is 538 g/mol. The van der Waals surface area contributed by atoms with Gasteiger partial charge in [-0.3, -0.25) is 9.79 Å². The molecule has 0 aromatic heterocycles. The van der Waals surface area contributed by atoms with Crippen molar-refractivity contribution in [1.29, 1.82) is 0 Å². The third kappa shape index (κ3) is 9.16. The Balaban J connectivity index is 0.00000480. The van der Waals surface area contributed by atoms with E-state index in [1.165, 1.54) is 5.56 Å². The van der Waals surface area contributed by atoms with E-state index in [1.807, 2.05) is 36.4 Å². The first-order valence-corrected chi connectivity index (χ1v) is 10.5. The second-order valence-electron chi connectivity index (χ2n) is 7.18. The van der Waals surface area contributed by atoms with Gasteiger partial charge in [0.2, 0.25) is 0 Å². The number of carbonyl (C=O) groups excluding carboxylic acids is 1.